The lowest BCUT2D eigenvalue weighted by Gasteiger charge is -2.32. The quantitative estimate of drug-likeness (QED) is 0.0751. The van der Waals surface area contributed by atoms with Crippen LogP contribution in [0.5, 0.6) is 0 Å². The van der Waals surface area contributed by atoms with Crippen LogP contribution in [0.4, 0.5) is 0 Å². The Hall–Kier alpha value is -3.27. The molecule has 1 unspecified atom stereocenters. The zero-order valence-corrected chi connectivity index (χ0v) is 25.0. The minimum Gasteiger partial charge on any atom is -0.789 e. The predicted octanol–water partition coefficient (Wildman–Crippen LogP) is -3.61. The van der Waals surface area contributed by atoms with Gasteiger partial charge in [-0.1, -0.05) is 0 Å². The van der Waals surface area contributed by atoms with Gasteiger partial charge in [-0.3, -0.25) is 22.6 Å². The third-order valence-electron chi connectivity index (χ3n) is 7.26. The molecule has 4 aromatic heterocycles. The van der Waals surface area contributed by atoms with Gasteiger partial charge in [-0.2, -0.15) is 9.55 Å². The molecule has 4 aromatic rings. The molecule has 9 atom stereocenters. The fourth-order valence-electron chi connectivity index (χ4n) is 5.04. The number of carbonyl (C=O) groups excluding carboxylic acids is 1. The Balaban J connectivity index is 1.13. The number of primary amides is 1. The van der Waals surface area contributed by atoms with E-state index in [1.807, 2.05) is 0 Å². The molecule has 2 saturated heterocycles. The van der Waals surface area contributed by atoms with Gasteiger partial charge in [-0.15, -0.1) is 0 Å². The van der Waals surface area contributed by atoms with Crippen LogP contribution in [-0.4, -0.2) is 100 Å². The molecule has 248 valence electrons. The fraction of sp³-hybridized carbons (Fsp3) is 0.435. The van der Waals surface area contributed by atoms with E-state index in [1.165, 1.54) is 52.4 Å². The number of aliphatic hydroxyl groups excluding tert-OH is 4. The molecule has 23 heteroatoms. The summed E-state index contributed by atoms with van der Waals surface area (Å²) in [7, 11) is -11.4. The molecule has 2 fully saturated rings. The Morgan fingerprint density at radius 3 is 2.43 bits per heavy atom. The smallest absolute Gasteiger partial charge is 0.478 e. The number of rotatable bonds is 11. The topological polar surface area (TPSA) is 302 Å². The number of imidazole rings is 2. The number of phosphoric acid groups is 2. The number of aliphatic hydroxyl groups is 4. The van der Waals surface area contributed by atoms with Crippen molar-refractivity contribution in [2.75, 3.05) is 13.2 Å². The summed E-state index contributed by atoms with van der Waals surface area (Å²) in [6.45, 7) is -1.85. The van der Waals surface area contributed by atoms with E-state index < -0.39 is 83.8 Å². The molecule has 6 rings (SSSR count). The van der Waals surface area contributed by atoms with Crippen LogP contribution in [0.2, 0.25) is 0 Å². The van der Waals surface area contributed by atoms with Crippen LogP contribution in [0.3, 0.4) is 0 Å². The van der Waals surface area contributed by atoms with E-state index in [1.54, 1.807) is 10.6 Å². The number of aromatic nitrogens is 6. The second kappa shape index (κ2) is 12.4. The lowest BCUT2D eigenvalue weighted by atomic mass is 10.1. The number of hydrogen-bond donors (Lipinski definition) is 5. The summed E-state index contributed by atoms with van der Waals surface area (Å²) < 4.78 is 54.1. The van der Waals surface area contributed by atoms with Gasteiger partial charge in [0.1, 0.15) is 41.6 Å². The summed E-state index contributed by atoms with van der Waals surface area (Å²) in [5.74, 6) is -0.403. The van der Waals surface area contributed by atoms with Crippen LogP contribution in [0.25, 0.3) is 16.9 Å². The van der Waals surface area contributed by atoms with Gasteiger partial charge in [0.15, 0.2) is 30.4 Å². The van der Waals surface area contributed by atoms with Crippen LogP contribution in [0, 0.1) is 0 Å². The lowest BCUT2D eigenvalue weighted by Crippen LogP contribution is -2.46. The lowest BCUT2D eigenvalue weighted by molar-refractivity contribution is -0.765. The highest BCUT2D eigenvalue weighted by atomic mass is 31.3. The summed E-state index contributed by atoms with van der Waals surface area (Å²) in [6, 6.07) is 2.82. The highest BCUT2D eigenvalue weighted by molar-refractivity contribution is 7.60. The van der Waals surface area contributed by atoms with Crippen molar-refractivity contribution in [3.8, 4) is 0 Å². The fourth-order valence-corrected chi connectivity index (χ4v) is 7.13. The molecule has 2 aliphatic heterocycles. The molecule has 6 heterocycles. The maximum Gasteiger partial charge on any atom is 0.478 e. The van der Waals surface area contributed by atoms with Crippen LogP contribution in [0.1, 0.15) is 22.8 Å². The highest BCUT2D eigenvalue weighted by Crippen LogP contribution is 2.58. The predicted molar refractivity (Wildman–Crippen MR) is 141 cm³/mol. The summed E-state index contributed by atoms with van der Waals surface area (Å²) in [4.78, 5) is 46.8. The van der Waals surface area contributed by atoms with Crippen molar-refractivity contribution in [2.45, 2.75) is 49.1 Å². The van der Waals surface area contributed by atoms with Gasteiger partial charge in [0.2, 0.25) is 5.78 Å². The zero-order chi connectivity index (χ0) is 33.0. The number of phosphoric ester groups is 1. The zero-order valence-electron chi connectivity index (χ0n) is 23.2. The van der Waals surface area contributed by atoms with Gasteiger partial charge in [0.25, 0.3) is 12.1 Å². The molecule has 1 amide bonds. The van der Waals surface area contributed by atoms with E-state index in [0.717, 1.165) is 0 Å². The van der Waals surface area contributed by atoms with Crippen molar-refractivity contribution in [3.63, 3.8) is 0 Å². The monoisotopic (exact) mass is 686 g/mol. The van der Waals surface area contributed by atoms with E-state index in [2.05, 4.69) is 19.3 Å². The Kier molecular flexibility index (Phi) is 8.80. The van der Waals surface area contributed by atoms with E-state index in [9.17, 15) is 44.1 Å². The molecule has 0 bridgehead atoms. The molecule has 2 aliphatic rings. The van der Waals surface area contributed by atoms with Crippen molar-refractivity contribution in [3.05, 3.63) is 55.0 Å². The Labute approximate surface area is 257 Å². The number of amides is 1. The van der Waals surface area contributed by atoms with Gasteiger partial charge < -0.3 is 54.6 Å². The van der Waals surface area contributed by atoms with E-state index in [4.69, 9.17) is 24.3 Å². The van der Waals surface area contributed by atoms with Gasteiger partial charge in [0, 0.05) is 24.7 Å². The third-order valence-corrected chi connectivity index (χ3v) is 9.79. The Bertz CT molecular complexity index is 1850. The number of nitrogens with zero attached hydrogens (tertiary/aromatic N) is 6. The molecular weight excluding hydrogens is 660 g/mol. The van der Waals surface area contributed by atoms with Crippen molar-refractivity contribution in [1.82, 2.24) is 23.9 Å². The molecule has 0 spiro atoms. The van der Waals surface area contributed by atoms with Crippen molar-refractivity contribution in [2.24, 2.45) is 5.73 Å². The van der Waals surface area contributed by atoms with Crippen molar-refractivity contribution in [1.29, 1.82) is 0 Å². The van der Waals surface area contributed by atoms with Crippen LogP contribution >= 0.6 is 15.6 Å². The molecule has 21 nitrogen and oxygen atoms in total. The SMILES string of the molecule is NC(=O)c1ccc[n+]([C@@H]2O[C@H](COP(=O)(OC[C@H]3O[C@@H](n4cnc5nc6nccn6c5c4)[C@H](O)[C@@H]3O)OP(=O)([O-])[O-])[C@@H](O)[C@H]2O)c1. The molecule has 0 aliphatic carbocycles. The molecule has 0 aromatic carbocycles. The van der Waals surface area contributed by atoms with Gasteiger partial charge in [-0.05, 0) is 6.07 Å². The first-order valence-electron chi connectivity index (χ1n) is 13.4. The number of hydrogen-bond acceptors (Lipinski definition) is 17. The number of nitrogens with two attached hydrogens (primary N) is 1. The minimum absolute atomic E-state index is 0.0535. The van der Waals surface area contributed by atoms with Crippen LogP contribution in [0.15, 0.2) is 49.4 Å². The second-order valence-electron chi connectivity index (χ2n) is 10.3. The largest absolute Gasteiger partial charge is 0.789 e. The van der Waals surface area contributed by atoms with Crippen LogP contribution in [-0.2, 0) is 32.0 Å². The normalized spacial score (nSPS) is 29.9. The summed E-state index contributed by atoms with van der Waals surface area (Å²) in [5, 5.41) is 42.3. The van der Waals surface area contributed by atoms with Crippen molar-refractivity contribution < 1.29 is 71.5 Å². The highest BCUT2D eigenvalue weighted by Gasteiger charge is 2.50. The minimum atomic E-state index is -6.02. The average Bonchev–Trinajstić information content (AvgIpc) is 3.74. The van der Waals surface area contributed by atoms with E-state index in [0.29, 0.717) is 16.9 Å². The third kappa shape index (κ3) is 6.46. The summed E-state index contributed by atoms with van der Waals surface area (Å²) in [6.07, 6.45) is -3.48. The number of carbonyl (C=O) groups is 1. The van der Waals surface area contributed by atoms with E-state index >= 15 is 0 Å². The number of ether oxygens (including phenoxy) is 2. The maximum atomic E-state index is 13.2. The summed E-state index contributed by atoms with van der Waals surface area (Å²) >= 11 is 0. The maximum absolute atomic E-state index is 13.2. The molecule has 46 heavy (non-hydrogen) atoms. The molecular formula is C23H26N7O14P2-. The summed E-state index contributed by atoms with van der Waals surface area (Å²) in [5.41, 5.74) is 6.16. The Morgan fingerprint density at radius 2 is 1.74 bits per heavy atom. The second-order valence-corrected chi connectivity index (χ2v) is 13.3. The molecule has 6 N–H and O–H groups in total. The van der Waals surface area contributed by atoms with Gasteiger partial charge >= 0.3 is 7.82 Å². The van der Waals surface area contributed by atoms with Gasteiger partial charge in [-0.25, -0.2) is 14.5 Å². The number of fused-ring (bicyclic) bond motifs is 3. The average molecular weight is 686 g/mol. The van der Waals surface area contributed by atoms with Crippen molar-refractivity contribution >= 4 is 38.5 Å². The van der Waals surface area contributed by atoms with E-state index in [-0.39, 0.29) is 5.56 Å². The van der Waals surface area contributed by atoms with Gasteiger partial charge in [0.05, 0.1) is 27.4 Å². The first kappa shape index (κ1) is 32.7. The Morgan fingerprint density at radius 1 is 1.04 bits per heavy atom. The first-order chi connectivity index (χ1) is 21.7. The molecule has 0 radical (unpaired) electrons. The molecule has 0 saturated carbocycles. The standard InChI is InChI=1S/C23H27N7O14P2/c24-19(35)11-2-1-4-28(6-11)21-17(33)15(31)13(42-21)8-40-46(39,44-45(36,37)38)41-9-14-16(32)18(34)22(43-14)29-7-12-20(26-10-29)27-23-25-3-5-30(12)23/h1-7,10,13-18,21-22,31-34H,8-9H2,(H3-,24,35,36,37,38)/p-1/t13-,14-,15-,16-,17-,18-,21-,22-,46?/m1/s1. The first-order valence-corrected chi connectivity index (χ1v) is 16.3. The van der Waals surface area contributed by atoms with Crippen LogP contribution < -0.4 is 20.1 Å². The number of pyridine rings is 1.